The molecule has 0 spiro atoms. The number of anilines is 1. The summed E-state index contributed by atoms with van der Waals surface area (Å²) in [5.41, 5.74) is 3.02. The largest absolute Gasteiger partial charge is 0.321 e. The third-order valence-electron chi connectivity index (χ3n) is 4.92. The van der Waals surface area contributed by atoms with Gasteiger partial charge in [0.25, 0.3) is 11.5 Å². The summed E-state index contributed by atoms with van der Waals surface area (Å²) in [4.78, 5) is 24.8. The van der Waals surface area contributed by atoms with Crippen LogP contribution in [0.4, 0.5) is 10.1 Å². The van der Waals surface area contributed by atoms with Crippen LogP contribution in [-0.2, 0) is 6.54 Å². The number of aromatic nitrogens is 6. The van der Waals surface area contributed by atoms with Crippen molar-refractivity contribution in [3.63, 3.8) is 0 Å². The van der Waals surface area contributed by atoms with E-state index in [4.69, 9.17) is 0 Å². The Labute approximate surface area is 186 Å². The number of hydrogen-bond donors (Lipinski definition) is 1. The number of fused-ring (bicyclic) bond motifs is 1. The molecule has 5 aromatic rings. The molecule has 1 amide bonds. The summed E-state index contributed by atoms with van der Waals surface area (Å²) < 4.78 is 16.1. The molecule has 33 heavy (non-hydrogen) atoms. The molecule has 0 saturated heterocycles. The number of rotatable bonds is 5. The second-order valence-corrected chi connectivity index (χ2v) is 7.23. The van der Waals surface area contributed by atoms with E-state index in [1.54, 1.807) is 28.8 Å². The summed E-state index contributed by atoms with van der Waals surface area (Å²) in [7, 11) is 0. The Balaban J connectivity index is 1.32. The molecule has 10 heteroatoms. The molecule has 2 aromatic carbocycles. The predicted molar refractivity (Wildman–Crippen MR) is 118 cm³/mol. The van der Waals surface area contributed by atoms with Crippen LogP contribution in [0.2, 0.25) is 0 Å². The highest BCUT2D eigenvalue weighted by atomic mass is 19.1. The van der Waals surface area contributed by atoms with E-state index in [0.717, 1.165) is 15.9 Å². The Hall–Kier alpha value is -4.73. The van der Waals surface area contributed by atoms with Crippen molar-refractivity contribution in [2.75, 3.05) is 5.32 Å². The Morgan fingerprint density at radius 3 is 2.64 bits per heavy atom. The maximum Gasteiger partial charge on any atom is 0.276 e. The summed E-state index contributed by atoms with van der Waals surface area (Å²) in [6, 6.07) is 19.3. The fourth-order valence-corrected chi connectivity index (χ4v) is 3.29. The molecule has 1 N–H and O–H groups in total. The number of nitrogens with one attached hydrogen (secondary N) is 1. The lowest BCUT2D eigenvalue weighted by molar-refractivity contribution is 0.102. The van der Waals surface area contributed by atoms with Gasteiger partial charge in [-0.1, -0.05) is 24.3 Å². The van der Waals surface area contributed by atoms with Crippen molar-refractivity contribution in [2.45, 2.75) is 6.54 Å². The van der Waals surface area contributed by atoms with Gasteiger partial charge in [-0.2, -0.15) is 14.7 Å². The van der Waals surface area contributed by atoms with Gasteiger partial charge in [-0.15, -0.1) is 10.2 Å². The average Bonchev–Trinajstić information content (AvgIpc) is 3.29. The highest BCUT2D eigenvalue weighted by Crippen LogP contribution is 2.20. The van der Waals surface area contributed by atoms with Gasteiger partial charge in [0.15, 0.2) is 5.65 Å². The second-order valence-electron chi connectivity index (χ2n) is 7.23. The van der Waals surface area contributed by atoms with Crippen molar-refractivity contribution in [1.29, 1.82) is 0 Å². The molecule has 3 aromatic heterocycles. The zero-order valence-corrected chi connectivity index (χ0v) is 17.1. The molecule has 0 saturated carbocycles. The van der Waals surface area contributed by atoms with E-state index in [0.29, 0.717) is 16.9 Å². The fourth-order valence-electron chi connectivity index (χ4n) is 3.29. The van der Waals surface area contributed by atoms with E-state index in [1.807, 2.05) is 24.3 Å². The van der Waals surface area contributed by atoms with Crippen LogP contribution in [0.1, 0.15) is 16.1 Å². The van der Waals surface area contributed by atoms with Gasteiger partial charge in [-0.05, 0) is 48.0 Å². The van der Waals surface area contributed by atoms with Gasteiger partial charge < -0.3 is 5.32 Å². The first-order chi connectivity index (χ1) is 16.0. The second kappa shape index (κ2) is 8.42. The van der Waals surface area contributed by atoms with Gasteiger partial charge in [0.2, 0.25) is 0 Å². The van der Waals surface area contributed by atoms with Gasteiger partial charge in [-0.3, -0.25) is 9.59 Å². The summed E-state index contributed by atoms with van der Waals surface area (Å²) in [6.07, 6.45) is 1.52. The molecule has 0 bridgehead atoms. The van der Waals surface area contributed by atoms with Crippen molar-refractivity contribution in [1.82, 2.24) is 29.6 Å². The SMILES string of the molecule is O=C(Nc1ccc(-c2ccc3nncn3n2)cc1)c1ccc(=O)n(Cc2cccc(F)c2)n1. The lowest BCUT2D eigenvalue weighted by Crippen LogP contribution is -2.26. The molecule has 0 unspecified atom stereocenters. The summed E-state index contributed by atoms with van der Waals surface area (Å²) in [5.74, 6) is -0.880. The molecule has 0 radical (unpaired) electrons. The van der Waals surface area contributed by atoms with Crippen LogP contribution >= 0.6 is 0 Å². The molecule has 0 aliphatic heterocycles. The van der Waals surface area contributed by atoms with E-state index < -0.39 is 17.3 Å². The first-order valence-corrected chi connectivity index (χ1v) is 9.97. The number of benzene rings is 2. The van der Waals surface area contributed by atoms with Crippen LogP contribution in [-0.4, -0.2) is 35.5 Å². The molecule has 162 valence electrons. The zero-order valence-electron chi connectivity index (χ0n) is 17.1. The van der Waals surface area contributed by atoms with E-state index in [-0.39, 0.29) is 12.2 Å². The van der Waals surface area contributed by atoms with Crippen molar-refractivity contribution >= 4 is 17.2 Å². The topological polar surface area (TPSA) is 107 Å². The standard InChI is InChI=1S/C23H16FN7O2/c24-17-3-1-2-15(12-17)13-30-22(32)11-9-20(29-30)23(33)26-18-6-4-16(5-7-18)19-8-10-21-27-25-14-31(21)28-19/h1-12,14H,13H2,(H,26,33). The number of carbonyl (C=O) groups is 1. The molecule has 3 heterocycles. The zero-order chi connectivity index (χ0) is 22.8. The first-order valence-electron chi connectivity index (χ1n) is 9.97. The van der Waals surface area contributed by atoms with Crippen molar-refractivity contribution < 1.29 is 9.18 Å². The van der Waals surface area contributed by atoms with Gasteiger partial charge >= 0.3 is 0 Å². The Bertz CT molecular complexity index is 1530. The molecular weight excluding hydrogens is 425 g/mol. The van der Waals surface area contributed by atoms with Crippen molar-refractivity contribution in [3.8, 4) is 11.3 Å². The molecular formula is C23H16FN7O2. The van der Waals surface area contributed by atoms with Gasteiger partial charge in [-0.25, -0.2) is 9.07 Å². The monoisotopic (exact) mass is 441 g/mol. The van der Waals surface area contributed by atoms with Crippen molar-refractivity contribution in [2.24, 2.45) is 0 Å². The smallest absolute Gasteiger partial charge is 0.276 e. The van der Waals surface area contributed by atoms with E-state index in [1.165, 1.54) is 30.6 Å². The van der Waals surface area contributed by atoms with Crippen molar-refractivity contribution in [3.05, 3.63) is 107 Å². The van der Waals surface area contributed by atoms with Gasteiger partial charge in [0.05, 0.1) is 12.2 Å². The van der Waals surface area contributed by atoms with E-state index in [2.05, 4.69) is 25.7 Å². The van der Waals surface area contributed by atoms with E-state index in [9.17, 15) is 14.0 Å². The molecule has 5 rings (SSSR count). The maximum atomic E-state index is 13.4. The quantitative estimate of drug-likeness (QED) is 0.450. The lowest BCUT2D eigenvalue weighted by Gasteiger charge is -2.09. The van der Waals surface area contributed by atoms with Crippen LogP contribution in [0.5, 0.6) is 0 Å². The van der Waals surface area contributed by atoms with Gasteiger partial charge in [0, 0.05) is 17.3 Å². The lowest BCUT2D eigenvalue weighted by atomic mass is 10.1. The Morgan fingerprint density at radius 1 is 0.970 bits per heavy atom. The highest BCUT2D eigenvalue weighted by molar-refractivity contribution is 6.02. The first kappa shape index (κ1) is 20.2. The Morgan fingerprint density at radius 2 is 1.82 bits per heavy atom. The fraction of sp³-hybridized carbons (Fsp3) is 0.0435. The van der Waals surface area contributed by atoms with Crippen LogP contribution in [0.3, 0.4) is 0 Å². The summed E-state index contributed by atoms with van der Waals surface area (Å²) >= 11 is 0. The summed E-state index contributed by atoms with van der Waals surface area (Å²) in [5, 5.41) is 19.1. The number of carbonyl (C=O) groups excluding carboxylic acids is 1. The number of halogens is 1. The highest BCUT2D eigenvalue weighted by Gasteiger charge is 2.11. The molecule has 9 nitrogen and oxygen atoms in total. The minimum Gasteiger partial charge on any atom is -0.321 e. The van der Waals surface area contributed by atoms with Crippen LogP contribution in [0.15, 0.2) is 83.9 Å². The molecule has 0 atom stereocenters. The predicted octanol–water partition coefficient (Wildman–Crippen LogP) is 2.79. The number of nitrogens with zero attached hydrogens (tertiary/aromatic N) is 6. The average molecular weight is 441 g/mol. The normalized spacial score (nSPS) is 10.9. The maximum absolute atomic E-state index is 13.4. The number of amides is 1. The van der Waals surface area contributed by atoms with Crippen LogP contribution < -0.4 is 10.9 Å². The Kier molecular flexibility index (Phi) is 5.15. The molecule has 0 aliphatic rings. The van der Waals surface area contributed by atoms with Gasteiger partial charge in [0.1, 0.15) is 17.8 Å². The summed E-state index contributed by atoms with van der Waals surface area (Å²) in [6.45, 7) is 0.0518. The van der Waals surface area contributed by atoms with Crippen LogP contribution in [0, 0.1) is 5.82 Å². The molecule has 0 aliphatic carbocycles. The third kappa shape index (κ3) is 4.35. The molecule has 0 fully saturated rings. The number of hydrogen-bond acceptors (Lipinski definition) is 6. The third-order valence-corrected chi connectivity index (χ3v) is 4.92. The van der Waals surface area contributed by atoms with E-state index >= 15 is 0 Å². The van der Waals surface area contributed by atoms with Crippen LogP contribution in [0.25, 0.3) is 16.9 Å². The minimum absolute atomic E-state index is 0.0518. The minimum atomic E-state index is -0.472.